The van der Waals surface area contributed by atoms with Gasteiger partial charge in [-0.3, -0.25) is 19.1 Å². The second-order valence-corrected chi connectivity index (χ2v) is 19.6. The number of hydrogen-bond acceptors (Lipinski definition) is 10. The van der Waals surface area contributed by atoms with E-state index in [1.165, 1.54) is 4.90 Å². The maximum absolute atomic E-state index is 15.0. The molecule has 3 fully saturated rings. The lowest BCUT2D eigenvalue weighted by Gasteiger charge is -2.34. The van der Waals surface area contributed by atoms with Crippen LogP contribution in [0.5, 0.6) is 11.6 Å². The molecule has 1 aromatic heterocycles. The van der Waals surface area contributed by atoms with Crippen LogP contribution in [-0.4, -0.2) is 103 Å². The van der Waals surface area contributed by atoms with Crippen LogP contribution in [0.1, 0.15) is 86.0 Å². The Bertz CT molecular complexity index is 2050. The number of aromatic nitrogens is 1. The van der Waals surface area contributed by atoms with Crippen LogP contribution in [0.4, 0.5) is 10.5 Å². The first-order valence-corrected chi connectivity index (χ1v) is 21.9. The Morgan fingerprint density at radius 1 is 1.11 bits per heavy atom. The van der Waals surface area contributed by atoms with Crippen LogP contribution in [0.25, 0.3) is 10.8 Å². The van der Waals surface area contributed by atoms with Crippen molar-refractivity contribution in [2.45, 2.75) is 121 Å². The van der Waals surface area contributed by atoms with Crippen molar-refractivity contribution in [2.24, 2.45) is 17.8 Å². The van der Waals surface area contributed by atoms with E-state index in [0.29, 0.717) is 50.0 Å². The summed E-state index contributed by atoms with van der Waals surface area (Å²) in [6.07, 6.45) is 8.79. The minimum atomic E-state index is -3.90. The minimum Gasteiger partial charge on any atom is -0.489 e. The Labute approximate surface area is 335 Å². The molecule has 15 nitrogen and oxygen atoms in total. The van der Waals surface area contributed by atoms with Crippen molar-refractivity contribution in [2.75, 3.05) is 31.6 Å². The van der Waals surface area contributed by atoms with Gasteiger partial charge in [0.25, 0.3) is 5.91 Å². The van der Waals surface area contributed by atoms with Gasteiger partial charge in [-0.25, -0.2) is 18.2 Å². The topological polar surface area (TPSA) is 188 Å². The molecule has 5 aliphatic rings. The third kappa shape index (κ3) is 8.65. The molecule has 4 N–H and O–H groups in total. The summed E-state index contributed by atoms with van der Waals surface area (Å²) in [4.78, 5) is 65.1. The first-order valence-electron chi connectivity index (χ1n) is 20.4. The van der Waals surface area contributed by atoms with Crippen molar-refractivity contribution >= 4 is 50.2 Å². The molecule has 0 bridgehead atoms. The highest BCUT2D eigenvalue weighted by Gasteiger charge is 2.62. The Morgan fingerprint density at radius 3 is 2.60 bits per heavy atom. The summed E-state index contributed by atoms with van der Waals surface area (Å²) < 4.78 is 40.8. The number of fused-ring (bicyclic) bond motifs is 5. The van der Waals surface area contributed by atoms with E-state index in [2.05, 4.69) is 37.5 Å². The van der Waals surface area contributed by atoms with Gasteiger partial charge in [0.05, 0.1) is 24.0 Å². The van der Waals surface area contributed by atoms with E-state index in [0.717, 1.165) is 29.8 Å². The normalized spacial score (nSPS) is 29.4. The van der Waals surface area contributed by atoms with E-state index in [1.54, 1.807) is 6.20 Å². The number of anilines is 1. The molecular weight excluding hydrogens is 751 g/mol. The lowest BCUT2D eigenvalue weighted by molar-refractivity contribution is -0.142. The average Bonchev–Trinajstić information content (AvgIpc) is 4.07. The number of likely N-dealkylation sites (N-methyl/N-ethyl adjacent to an activating group) is 1. The molecule has 2 aliphatic carbocycles. The van der Waals surface area contributed by atoms with Gasteiger partial charge in [0.15, 0.2) is 5.75 Å². The number of urea groups is 1. The van der Waals surface area contributed by atoms with Crippen molar-refractivity contribution < 1.29 is 37.1 Å². The maximum atomic E-state index is 15.0. The predicted octanol–water partition coefficient (Wildman–Crippen LogP) is 3.76. The SMILES string of the molecule is CC[C@@H]1C[C@H](C)CCC=C[C@@H]2C[C@@]2(C(=O)NS(=O)(=O)C2CC2)NC(=O)[C@@H]2C[C@@H](Oc3nccc4c5c(ccc34)N(C)CCO5)CN2C(=O)[C@H]1NC(=O)NC(C)(C)C. The molecule has 0 unspecified atom stereocenters. The van der Waals surface area contributed by atoms with E-state index in [9.17, 15) is 22.8 Å². The largest absolute Gasteiger partial charge is 0.489 e. The smallest absolute Gasteiger partial charge is 0.315 e. The zero-order valence-electron chi connectivity index (χ0n) is 33.8. The Kier molecular flexibility index (Phi) is 11.1. The highest BCUT2D eigenvalue weighted by molar-refractivity contribution is 7.91. The van der Waals surface area contributed by atoms with Crippen molar-refractivity contribution in [3.8, 4) is 11.6 Å². The maximum Gasteiger partial charge on any atom is 0.315 e. The molecule has 1 aromatic carbocycles. The summed E-state index contributed by atoms with van der Waals surface area (Å²) in [5, 5.41) is 9.74. The van der Waals surface area contributed by atoms with Gasteiger partial charge in [-0.2, -0.15) is 0 Å². The van der Waals surface area contributed by atoms with Crippen LogP contribution in [-0.2, 0) is 24.4 Å². The number of allylic oxidation sites excluding steroid dienone is 1. The number of rotatable bonds is 7. The number of hydrogen-bond donors (Lipinski definition) is 4. The first-order chi connectivity index (χ1) is 27.0. The highest BCUT2D eigenvalue weighted by Crippen LogP contribution is 2.46. The van der Waals surface area contributed by atoms with E-state index >= 15 is 4.79 Å². The molecule has 0 spiro atoms. The number of carbonyl (C=O) groups is 4. The molecule has 3 aliphatic heterocycles. The molecular formula is C41H57N7O8S. The Hall–Kier alpha value is -4.60. The lowest BCUT2D eigenvalue weighted by Crippen LogP contribution is -2.60. The van der Waals surface area contributed by atoms with Crippen LogP contribution < -0.4 is 35.0 Å². The molecule has 4 heterocycles. The molecule has 7 rings (SSSR count). The molecule has 1 saturated heterocycles. The number of ether oxygens (including phenoxy) is 2. The van der Waals surface area contributed by atoms with Crippen LogP contribution in [0.2, 0.25) is 0 Å². The first kappa shape index (κ1) is 40.6. The number of carbonyl (C=O) groups excluding carboxylic acids is 4. The second kappa shape index (κ2) is 15.6. The van der Waals surface area contributed by atoms with Crippen LogP contribution in [0.3, 0.4) is 0 Å². The molecule has 2 aromatic rings. The van der Waals surface area contributed by atoms with E-state index in [-0.39, 0.29) is 31.2 Å². The number of nitrogens with zero attached hydrogens (tertiary/aromatic N) is 3. The summed E-state index contributed by atoms with van der Waals surface area (Å²) in [5.74, 6) is -1.27. The van der Waals surface area contributed by atoms with Gasteiger partial charge in [-0.15, -0.1) is 0 Å². The summed E-state index contributed by atoms with van der Waals surface area (Å²) >= 11 is 0. The van der Waals surface area contributed by atoms with E-state index in [4.69, 9.17) is 9.47 Å². The number of nitrogens with one attached hydrogen (secondary N) is 4. The van der Waals surface area contributed by atoms with E-state index < -0.39 is 74.2 Å². The highest BCUT2D eigenvalue weighted by atomic mass is 32.2. The van der Waals surface area contributed by atoms with Crippen molar-refractivity contribution in [1.29, 1.82) is 0 Å². The summed E-state index contributed by atoms with van der Waals surface area (Å²) in [7, 11) is -1.89. The zero-order chi connectivity index (χ0) is 40.9. The molecule has 2 saturated carbocycles. The fraction of sp³-hybridized carbons (Fsp3) is 0.634. The molecule has 57 heavy (non-hydrogen) atoms. The van der Waals surface area contributed by atoms with Gasteiger partial charge >= 0.3 is 6.03 Å². The Morgan fingerprint density at radius 2 is 1.88 bits per heavy atom. The van der Waals surface area contributed by atoms with Gasteiger partial charge in [-0.05, 0) is 89.3 Å². The van der Waals surface area contributed by atoms with Gasteiger partial charge in [0.1, 0.15) is 30.3 Å². The van der Waals surface area contributed by atoms with Crippen LogP contribution >= 0.6 is 0 Å². The predicted molar refractivity (Wildman–Crippen MR) is 215 cm³/mol. The Balaban J connectivity index is 1.24. The molecule has 0 radical (unpaired) electrons. The van der Waals surface area contributed by atoms with Crippen LogP contribution in [0.15, 0.2) is 36.5 Å². The minimum absolute atomic E-state index is 0.00279. The molecule has 7 atom stereocenters. The summed E-state index contributed by atoms with van der Waals surface area (Å²) in [5.41, 5.74) is -1.13. The van der Waals surface area contributed by atoms with Gasteiger partial charge in [-0.1, -0.05) is 32.4 Å². The fourth-order valence-corrected chi connectivity index (χ4v) is 9.90. The van der Waals surface area contributed by atoms with Crippen LogP contribution in [0, 0.1) is 17.8 Å². The average molecular weight is 808 g/mol. The van der Waals surface area contributed by atoms with Gasteiger partial charge in [0, 0.05) is 41.9 Å². The third-order valence-electron chi connectivity index (χ3n) is 12.0. The number of benzene rings is 1. The zero-order valence-corrected chi connectivity index (χ0v) is 34.6. The third-order valence-corrected chi connectivity index (χ3v) is 13.8. The second-order valence-electron chi connectivity index (χ2n) is 17.7. The molecule has 310 valence electrons. The van der Waals surface area contributed by atoms with Gasteiger partial charge in [0.2, 0.25) is 27.7 Å². The molecule has 5 amide bonds. The lowest BCUT2D eigenvalue weighted by atomic mass is 9.85. The number of sulfonamides is 1. The number of amides is 5. The van der Waals surface area contributed by atoms with Crippen molar-refractivity contribution in [1.82, 2.24) is 30.6 Å². The van der Waals surface area contributed by atoms with E-state index in [1.807, 2.05) is 65.1 Å². The summed E-state index contributed by atoms with van der Waals surface area (Å²) in [6, 6.07) is 3.18. The molecule has 16 heteroatoms. The quantitative estimate of drug-likeness (QED) is 0.300. The monoisotopic (exact) mass is 807 g/mol. The van der Waals surface area contributed by atoms with Crippen molar-refractivity contribution in [3.63, 3.8) is 0 Å². The summed E-state index contributed by atoms with van der Waals surface area (Å²) in [6.45, 7) is 11.0. The standard InChI is InChI=1S/C41H57N7O8S/c1-7-25-20-24(2)10-8-9-11-26-22-41(26,38(51)46-57(53,54)28-12-13-28)44-35(49)32-21-27(23-48(32)37(50)33(25)43-39(52)45-40(3,4)5)56-36-30-14-15-31-34(29(30)16-17-42-36)55-19-18-47(31)6/h9,11,14-17,24-28,32-33H,7-8,10,12-13,18-23H2,1-6H3,(H,44,49)(H,46,51)(H2,43,45,52)/t24-,25-,26-,27-,32+,33+,41-/m1/s1. The van der Waals surface area contributed by atoms with Crippen molar-refractivity contribution in [3.05, 3.63) is 36.5 Å². The van der Waals surface area contributed by atoms with Gasteiger partial charge < -0.3 is 35.2 Å². The number of pyridine rings is 1. The fourth-order valence-electron chi connectivity index (χ4n) is 8.53.